The third kappa shape index (κ3) is 8.41. The minimum atomic E-state index is -4.55. The number of amides is 2. The Bertz CT molecular complexity index is 1500. The summed E-state index contributed by atoms with van der Waals surface area (Å²) < 4.78 is 51.5. The van der Waals surface area contributed by atoms with Crippen LogP contribution in [0.3, 0.4) is 0 Å². The number of ether oxygens (including phenoxy) is 2. The molecule has 11 heteroatoms. The minimum Gasteiger partial charge on any atom is -0.444 e. The fourth-order valence-corrected chi connectivity index (χ4v) is 4.60. The van der Waals surface area contributed by atoms with Gasteiger partial charge < -0.3 is 20.1 Å². The highest BCUT2D eigenvalue weighted by molar-refractivity contribution is 5.92. The summed E-state index contributed by atoms with van der Waals surface area (Å²) in [4.78, 5) is 34.0. The first-order chi connectivity index (χ1) is 20.2. The predicted molar refractivity (Wildman–Crippen MR) is 156 cm³/mol. The maximum atomic E-state index is 13.6. The van der Waals surface area contributed by atoms with Gasteiger partial charge in [0.05, 0.1) is 30.9 Å². The number of aromatic nitrogens is 2. The number of carbonyl (C=O) groups excluding carboxylic acids is 2. The topological polar surface area (TPSA) is 102 Å². The molecule has 0 bridgehead atoms. The molecule has 0 saturated carbocycles. The molecule has 0 unspecified atom stereocenters. The number of rotatable bonds is 7. The second-order valence-electron chi connectivity index (χ2n) is 11.3. The van der Waals surface area contributed by atoms with Crippen molar-refractivity contribution in [2.24, 2.45) is 0 Å². The Morgan fingerprint density at radius 2 is 1.70 bits per heavy atom. The number of alkyl halides is 3. The lowest BCUT2D eigenvalue weighted by Crippen LogP contribution is -2.34. The molecule has 0 aliphatic carbocycles. The van der Waals surface area contributed by atoms with Crippen molar-refractivity contribution in [3.05, 3.63) is 89.0 Å². The van der Waals surface area contributed by atoms with Crippen LogP contribution in [-0.4, -0.2) is 40.8 Å². The van der Waals surface area contributed by atoms with E-state index >= 15 is 0 Å². The van der Waals surface area contributed by atoms with Gasteiger partial charge in [-0.25, -0.2) is 14.8 Å². The van der Waals surface area contributed by atoms with Gasteiger partial charge >= 0.3 is 12.3 Å². The van der Waals surface area contributed by atoms with E-state index in [4.69, 9.17) is 9.47 Å². The number of nitrogens with one attached hydrogen (secondary N) is 2. The highest BCUT2D eigenvalue weighted by Gasteiger charge is 2.32. The van der Waals surface area contributed by atoms with Crippen molar-refractivity contribution in [2.75, 3.05) is 13.2 Å². The Kier molecular flexibility index (Phi) is 9.54. The summed E-state index contributed by atoms with van der Waals surface area (Å²) in [5, 5.41) is 5.62. The van der Waals surface area contributed by atoms with E-state index in [1.807, 2.05) is 6.08 Å². The number of alkyl carbamates (subject to hydrolysis) is 1. The number of carbonyl (C=O) groups is 2. The molecule has 2 atom stereocenters. The molecule has 228 valence electrons. The smallest absolute Gasteiger partial charge is 0.416 e. The van der Waals surface area contributed by atoms with Crippen LogP contribution in [-0.2, 0) is 15.7 Å². The van der Waals surface area contributed by atoms with Gasteiger partial charge in [0.15, 0.2) is 5.82 Å². The van der Waals surface area contributed by atoms with E-state index in [1.54, 1.807) is 65.1 Å². The molecule has 2 aromatic carbocycles. The zero-order chi connectivity index (χ0) is 31.4. The lowest BCUT2D eigenvalue weighted by atomic mass is 9.92. The average molecular weight is 597 g/mol. The number of hydrogen-bond donors (Lipinski definition) is 2. The first-order valence-corrected chi connectivity index (χ1v) is 13.9. The molecule has 2 N–H and O–H groups in total. The fourth-order valence-electron chi connectivity index (χ4n) is 4.60. The second-order valence-corrected chi connectivity index (χ2v) is 11.3. The van der Waals surface area contributed by atoms with Crippen LogP contribution in [0.1, 0.15) is 86.1 Å². The van der Waals surface area contributed by atoms with Crippen LogP contribution in [0, 0.1) is 0 Å². The molecule has 3 aromatic rings. The van der Waals surface area contributed by atoms with Crippen LogP contribution in [0.25, 0.3) is 16.7 Å². The Morgan fingerprint density at radius 1 is 0.977 bits per heavy atom. The van der Waals surface area contributed by atoms with E-state index in [2.05, 4.69) is 20.6 Å². The van der Waals surface area contributed by atoms with E-state index in [0.29, 0.717) is 42.1 Å². The maximum absolute atomic E-state index is 13.6. The Balaban J connectivity index is 1.54. The minimum absolute atomic E-state index is 0.223. The Morgan fingerprint density at radius 3 is 2.33 bits per heavy atom. The second kappa shape index (κ2) is 12.9. The van der Waals surface area contributed by atoms with Gasteiger partial charge in [-0.1, -0.05) is 36.4 Å². The number of nitrogens with zero attached hydrogens (tertiary/aromatic N) is 2. The maximum Gasteiger partial charge on any atom is 0.416 e. The molecule has 2 amide bonds. The van der Waals surface area contributed by atoms with Gasteiger partial charge in [0, 0.05) is 6.20 Å². The lowest BCUT2D eigenvalue weighted by molar-refractivity contribution is -0.137. The highest BCUT2D eigenvalue weighted by Crippen LogP contribution is 2.36. The normalized spacial score (nSPS) is 15.2. The summed E-state index contributed by atoms with van der Waals surface area (Å²) in [5.74, 6) is 0.107. The molecule has 1 aromatic heterocycles. The summed E-state index contributed by atoms with van der Waals surface area (Å²) in [5.41, 5.74) is 1.69. The molecule has 1 aliphatic heterocycles. The zero-order valence-corrected chi connectivity index (χ0v) is 24.7. The van der Waals surface area contributed by atoms with Crippen LogP contribution >= 0.6 is 0 Å². The predicted octanol–water partition coefficient (Wildman–Crippen LogP) is 7.04. The van der Waals surface area contributed by atoms with E-state index < -0.39 is 35.5 Å². The summed E-state index contributed by atoms with van der Waals surface area (Å²) >= 11 is 0. The van der Waals surface area contributed by atoms with Crippen LogP contribution in [0.5, 0.6) is 0 Å². The average Bonchev–Trinajstić information content (AvgIpc) is 2.96. The van der Waals surface area contributed by atoms with E-state index in [9.17, 15) is 22.8 Å². The SMILES string of the molecule is C[C@H](NC(=O)OC(C)(C)C)c1ccc(C(F)(F)F)cc1-c1ccc([C@@H](C)NC(=O)c2ccnc(C3=CCOCC3)n2)cc1. The fraction of sp³-hybridized carbons (Fsp3) is 0.375. The molecule has 0 fully saturated rings. The van der Waals surface area contributed by atoms with E-state index in [1.165, 1.54) is 12.1 Å². The number of halogens is 3. The van der Waals surface area contributed by atoms with Gasteiger partial charge in [-0.2, -0.15) is 13.2 Å². The third-order valence-corrected chi connectivity index (χ3v) is 6.79. The van der Waals surface area contributed by atoms with Crippen LogP contribution < -0.4 is 10.6 Å². The van der Waals surface area contributed by atoms with Gasteiger partial charge in [-0.3, -0.25) is 4.79 Å². The largest absolute Gasteiger partial charge is 0.444 e. The quantitative estimate of drug-likeness (QED) is 0.303. The molecule has 4 rings (SSSR count). The lowest BCUT2D eigenvalue weighted by Gasteiger charge is -2.24. The van der Waals surface area contributed by atoms with Crippen molar-refractivity contribution in [1.82, 2.24) is 20.6 Å². The van der Waals surface area contributed by atoms with Gasteiger partial charge in [-0.15, -0.1) is 0 Å². The molecule has 0 spiro atoms. The van der Waals surface area contributed by atoms with Crippen LogP contribution in [0.2, 0.25) is 0 Å². The Hall–Kier alpha value is -4.25. The first-order valence-electron chi connectivity index (χ1n) is 13.9. The van der Waals surface area contributed by atoms with Gasteiger partial charge in [-0.05, 0) is 87.1 Å². The van der Waals surface area contributed by atoms with Gasteiger partial charge in [0.2, 0.25) is 0 Å². The van der Waals surface area contributed by atoms with Crippen molar-refractivity contribution in [3.63, 3.8) is 0 Å². The summed E-state index contributed by atoms with van der Waals surface area (Å²) in [6.07, 6.45) is -1.12. The number of benzene rings is 2. The van der Waals surface area contributed by atoms with E-state index in [0.717, 1.165) is 23.3 Å². The van der Waals surface area contributed by atoms with Gasteiger partial charge in [0.1, 0.15) is 11.3 Å². The standard InChI is InChI=1S/C32H35F3N4O4/c1-19(37-29(40)27-12-15-36-28(39-27)23-13-16-42-17-14-23)21-6-8-22(9-7-21)26-18-24(32(33,34)35)10-11-25(26)20(2)38-30(41)43-31(3,4)5/h6-13,15,18-20H,14,16-17H2,1-5H3,(H,37,40)(H,38,41)/t19-,20+/m1/s1. The Labute approximate surface area is 248 Å². The zero-order valence-electron chi connectivity index (χ0n) is 24.7. The van der Waals surface area contributed by atoms with Crippen molar-refractivity contribution in [1.29, 1.82) is 0 Å². The van der Waals surface area contributed by atoms with Crippen molar-refractivity contribution in [3.8, 4) is 11.1 Å². The monoisotopic (exact) mass is 596 g/mol. The first kappa shape index (κ1) is 31.7. The highest BCUT2D eigenvalue weighted by atomic mass is 19.4. The van der Waals surface area contributed by atoms with Crippen molar-refractivity contribution < 1.29 is 32.2 Å². The number of hydrogen-bond acceptors (Lipinski definition) is 6. The molecule has 2 heterocycles. The van der Waals surface area contributed by atoms with Crippen LogP contribution in [0.4, 0.5) is 18.0 Å². The molecule has 0 radical (unpaired) electrons. The van der Waals surface area contributed by atoms with Crippen LogP contribution in [0.15, 0.2) is 60.8 Å². The summed E-state index contributed by atoms with van der Waals surface area (Å²) in [6.45, 7) is 9.70. The summed E-state index contributed by atoms with van der Waals surface area (Å²) in [6, 6.07) is 10.8. The molecular formula is C32H35F3N4O4. The summed E-state index contributed by atoms with van der Waals surface area (Å²) in [7, 11) is 0. The van der Waals surface area contributed by atoms with E-state index in [-0.39, 0.29) is 11.6 Å². The third-order valence-electron chi connectivity index (χ3n) is 6.79. The van der Waals surface area contributed by atoms with Crippen molar-refractivity contribution in [2.45, 2.75) is 64.9 Å². The molecule has 0 saturated heterocycles. The van der Waals surface area contributed by atoms with Crippen molar-refractivity contribution >= 4 is 17.6 Å². The molecule has 1 aliphatic rings. The van der Waals surface area contributed by atoms with Gasteiger partial charge in [0.25, 0.3) is 5.91 Å². The molecule has 8 nitrogen and oxygen atoms in total. The molecular weight excluding hydrogens is 561 g/mol. The molecule has 43 heavy (non-hydrogen) atoms.